The van der Waals surface area contributed by atoms with Crippen molar-refractivity contribution in [3.05, 3.63) is 60.2 Å². The van der Waals surface area contributed by atoms with Gasteiger partial charge in [0.2, 0.25) is 5.13 Å². The van der Waals surface area contributed by atoms with Crippen LogP contribution in [0.25, 0.3) is 0 Å². The number of methoxy groups -OCH3 is 1. The molecule has 1 aromatic heterocycles. The maximum atomic E-state index is 12.1. The van der Waals surface area contributed by atoms with Gasteiger partial charge in [-0.05, 0) is 12.1 Å². The normalized spacial score (nSPS) is 10.4. The summed E-state index contributed by atoms with van der Waals surface area (Å²) in [6.45, 7) is 0. The number of hydrogen-bond acceptors (Lipinski definition) is 7. The molecule has 2 aromatic carbocycles. The van der Waals surface area contributed by atoms with Crippen molar-refractivity contribution in [2.45, 2.75) is 4.34 Å². The number of nitrogens with one attached hydrogen (secondary N) is 1. The molecule has 0 unspecified atom stereocenters. The van der Waals surface area contributed by atoms with Gasteiger partial charge in [-0.25, -0.2) is 0 Å². The topological polar surface area (TPSA) is 64.1 Å². The van der Waals surface area contributed by atoms with Crippen LogP contribution in [-0.4, -0.2) is 28.8 Å². The van der Waals surface area contributed by atoms with Crippen LogP contribution in [0.1, 0.15) is 10.4 Å². The van der Waals surface area contributed by atoms with Gasteiger partial charge < -0.3 is 10.1 Å². The predicted octanol–water partition coefficient (Wildman–Crippen LogP) is 4.27. The number of rotatable bonds is 7. The van der Waals surface area contributed by atoms with Gasteiger partial charge in [0.05, 0.1) is 12.9 Å². The molecular weight excluding hydrogens is 342 g/mol. The van der Waals surface area contributed by atoms with Crippen LogP contribution >= 0.6 is 23.1 Å². The molecule has 3 rings (SSSR count). The molecule has 0 bridgehead atoms. The highest BCUT2D eigenvalue weighted by Gasteiger charge is 2.10. The molecule has 0 radical (unpaired) electrons. The molecule has 0 aliphatic rings. The van der Waals surface area contributed by atoms with Crippen LogP contribution in [0.15, 0.2) is 58.9 Å². The van der Waals surface area contributed by atoms with Crippen molar-refractivity contribution in [2.75, 3.05) is 18.2 Å². The van der Waals surface area contributed by atoms with E-state index < -0.39 is 0 Å². The van der Waals surface area contributed by atoms with E-state index in [-0.39, 0.29) is 5.78 Å². The van der Waals surface area contributed by atoms with Crippen LogP contribution in [0.3, 0.4) is 0 Å². The molecule has 0 spiro atoms. The Hall–Kier alpha value is -2.38. The minimum atomic E-state index is 0.0816. The van der Waals surface area contributed by atoms with E-state index in [9.17, 15) is 4.79 Å². The van der Waals surface area contributed by atoms with Crippen LogP contribution in [0, 0.1) is 0 Å². The number of carbonyl (C=O) groups excluding carboxylic acids is 1. The number of carbonyl (C=O) groups is 1. The van der Waals surface area contributed by atoms with Gasteiger partial charge >= 0.3 is 0 Å². The minimum Gasteiger partial charge on any atom is -0.497 e. The first-order valence-corrected chi connectivity index (χ1v) is 9.00. The number of ketones is 1. The maximum absolute atomic E-state index is 12.1. The number of aromatic nitrogens is 2. The Morgan fingerprint density at radius 1 is 1.17 bits per heavy atom. The largest absolute Gasteiger partial charge is 0.497 e. The van der Waals surface area contributed by atoms with Crippen LogP contribution < -0.4 is 10.1 Å². The molecule has 0 amide bonds. The smallest absolute Gasteiger partial charge is 0.210 e. The van der Waals surface area contributed by atoms with Crippen LogP contribution in [0.5, 0.6) is 5.75 Å². The summed E-state index contributed by atoms with van der Waals surface area (Å²) < 4.78 is 5.94. The quantitative estimate of drug-likeness (QED) is 0.503. The lowest BCUT2D eigenvalue weighted by molar-refractivity contribution is 0.102. The monoisotopic (exact) mass is 357 g/mol. The zero-order valence-corrected chi connectivity index (χ0v) is 14.6. The fraction of sp³-hybridized carbons (Fsp3) is 0.118. The minimum absolute atomic E-state index is 0.0816. The molecule has 0 aliphatic heterocycles. The number of ether oxygens (including phenoxy) is 1. The van der Waals surface area contributed by atoms with Crippen LogP contribution in [0.4, 0.5) is 10.8 Å². The van der Waals surface area contributed by atoms with E-state index in [1.54, 1.807) is 7.11 Å². The van der Waals surface area contributed by atoms with E-state index in [0.717, 1.165) is 15.8 Å². The molecule has 0 saturated carbocycles. The van der Waals surface area contributed by atoms with Crippen molar-refractivity contribution in [3.8, 4) is 5.75 Å². The van der Waals surface area contributed by atoms with E-state index in [4.69, 9.17) is 4.74 Å². The number of nitrogens with zero attached hydrogens (tertiary/aromatic N) is 2. The summed E-state index contributed by atoms with van der Waals surface area (Å²) in [6.07, 6.45) is 0. The number of Topliss-reactive ketones (excluding diaryl/α,β-unsaturated/α-hetero) is 1. The third-order valence-electron chi connectivity index (χ3n) is 3.15. The van der Waals surface area contributed by atoms with Gasteiger partial charge in [-0.15, -0.1) is 10.2 Å². The summed E-state index contributed by atoms with van der Waals surface area (Å²) in [7, 11) is 1.63. The van der Waals surface area contributed by atoms with Crippen LogP contribution in [0.2, 0.25) is 0 Å². The third-order valence-corrected chi connectivity index (χ3v) is 5.12. The average molecular weight is 357 g/mol. The Bertz CT molecular complexity index is 821. The summed E-state index contributed by atoms with van der Waals surface area (Å²) in [5, 5.41) is 12.1. The molecule has 3 aromatic rings. The van der Waals surface area contributed by atoms with Gasteiger partial charge in [-0.3, -0.25) is 4.79 Å². The van der Waals surface area contributed by atoms with E-state index in [1.807, 2.05) is 54.6 Å². The molecule has 1 N–H and O–H groups in total. The molecule has 1 heterocycles. The van der Waals surface area contributed by atoms with Gasteiger partial charge in [-0.1, -0.05) is 59.5 Å². The second-order valence-electron chi connectivity index (χ2n) is 4.81. The summed E-state index contributed by atoms with van der Waals surface area (Å²) in [5.74, 6) is 1.20. The van der Waals surface area contributed by atoms with Crippen molar-refractivity contribution in [1.82, 2.24) is 10.2 Å². The summed E-state index contributed by atoms with van der Waals surface area (Å²) in [5.41, 5.74) is 1.59. The van der Waals surface area contributed by atoms with Crippen molar-refractivity contribution < 1.29 is 9.53 Å². The molecule has 7 heteroatoms. The fourth-order valence-electron chi connectivity index (χ4n) is 1.98. The SMILES string of the molecule is COc1cccc(Nc2nnc(SCC(=O)c3ccccc3)s2)c1. The molecule has 122 valence electrons. The lowest BCUT2D eigenvalue weighted by Gasteiger charge is -2.04. The first-order chi connectivity index (χ1) is 11.7. The molecule has 24 heavy (non-hydrogen) atoms. The second kappa shape index (κ2) is 7.94. The Balaban J connectivity index is 1.58. The van der Waals surface area contributed by atoms with Gasteiger partial charge in [0.15, 0.2) is 10.1 Å². The van der Waals surface area contributed by atoms with Gasteiger partial charge in [-0.2, -0.15) is 0 Å². The average Bonchev–Trinajstić information content (AvgIpc) is 3.08. The van der Waals surface area contributed by atoms with Crippen molar-refractivity contribution >= 4 is 39.7 Å². The van der Waals surface area contributed by atoms with Crippen LogP contribution in [-0.2, 0) is 0 Å². The van der Waals surface area contributed by atoms with E-state index in [2.05, 4.69) is 15.5 Å². The summed E-state index contributed by atoms with van der Waals surface area (Å²) in [6, 6.07) is 16.8. The Morgan fingerprint density at radius 2 is 2.00 bits per heavy atom. The predicted molar refractivity (Wildman–Crippen MR) is 97.7 cm³/mol. The highest BCUT2D eigenvalue weighted by atomic mass is 32.2. The summed E-state index contributed by atoms with van der Waals surface area (Å²) in [4.78, 5) is 12.1. The standard InChI is InChI=1S/C17H15N3O2S2/c1-22-14-9-5-8-13(10-14)18-16-19-20-17(24-16)23-11-15(21)12-6-3-2-4-7-12/h2-10H,11H2,1H3,(H,18,19). The maximum Gasteiger partial charge on any atom is 0.210 e. The summed E-state index contributed by atoms with van der Waals surface area (Å²) >= 11 is 2.81. The first kappa shape index (κ1) is 16.5. The number of thioether (sulfide) groups is 1. The molecule has 0 fully saturated rings. The van der Waals surface area contributed by atoms with E-state index in [0.29, 0.717) is 16.4 Å². The number of anilines is 2. The third kappa shape index (κ3) is 4.33. The Kier molecular flexibility index (Phi) is 5.45. The van der Waals surface area contributed by atoms with Gasteiger partial charge in [0.1, 0.15) is 5.75 Å². The zero-order valence-electron chi connectivity index (χ0n) is 12.9. The number of hydrogen-bond donors (Lipinski definition) is 1. The number of benzene rings is 2. The second-order valence-corrected chi connectivity index (χ2v) is 7.01. The Morgan fingerprint density at radius 3 is 2.79 bits per heavy atom. The lowest BCUT2D eigenvalue weighted by atomic mass is 10.2. The molecule has 0 saturated heterocycles. The molecular formula is C17H15N3O2S2. The van der Waals surface area contributed by atoms with Gasteiger partial charge in [0, 0.05) is 17.3 Å². The molecule has 0 aliphatic carbocycles. The Labute approximate surface area is 148 Å². The van der Waals surface area contributed by atoms with E-state index >= 15 is 0 Å². The first-order valence-electron chi connectivity index (χ1n) is 7.20. The highest BCUT2D eigenvalue weighted by molar-refractivity contribution is 8.01. The van der Waals surface area contributed by atoms with Crippen molar-refractivity contribution in [1.29, 1.82) is 0 Å². The van der Waals surface area contributed by atoms with E-state index in [1.165, 1.54) is 23.1 Å². The van der Waals surface area contributed by atoms with Crippen molar-refractivity contribution in [2.24, 2.45) is 0 Å². The zero-order chi connectivity index (χ0) is 16.8. The molecule has 5 nitrogen and oxygen atoms in total. The molecule has 0 atom stereocenters. The van der Waals surface area contributed by atoms with Gasteiger partial charge in [0.25, 0.3) is 0 Å². The fourth-order valence-corrected chi connectivity index (χ4v) is 3.64. The van der Waals surface area contributed by atoms with Crippen molar-refractivity contribution in [3.63, 3.8) is 0 Å². The highest BCUT2D eigenvalue weighted by Crippen LogP contribution is 2.29. The lowest BCUT2D eigenvalue weighted by Crippen LogP contribution is -2.01.